The lowest BCUT2D eigenvalue weighted by atomic mass is 9.86. The fourth-order valence-corrected chi connectivity index (χ4v) is 4.79. The Morgan fingerprint density at radius 2 is 1.84 bits per heavy atom. The Morgan fingerprint density at radius 1 is 1.04 bits per heavy atom. The molecule has 0 amide bonds. The molecule has 0 bridgehead atoms. The maximum absolute atomic E-state index is 5.52. The standard InChI is InChI=1S/C23H29NO/c1-16-9-10-20(14-23(16)25-3)24-12-11-19(13-17(24)2)22-15-21(22)18-7-5-4-6-8-18/h4-10,14,17,19,21-22H,11-13,15H2,1-3H3/t17?,19?,21-,22-/m0/s1. The fraction of sp³-hybridized carbons (Fsp3) is 0.478. The Labute approximate surface area is 151 Å². The first-order chi connectivity index (χ1) is 12.2. The molecule has 4 atom stereocenters. The summed E-state index contributed by atoms with van der Waals surface area (Å²) < 4.78 is 5.52. The Hall–Kier alpha value is -1.96. The minimum absolute atomic E-state index is 0.600. The van der Waals surface area contributed by atoms with Crippen LogP contribution in [0, 0.1) is 18.8 Å². The second-order valence-electron chi connectivity index (χ2n) is 7.90. The van der Waals surface area contributed by atoms with Gasteiger partial charge in [0.2, 0.25) is 0 Å². The number of hydrogen-bond donors (Lipinski definition) is 0. The fourth-order valence-electron chi connectivity index (χ4n) is 4.79. The Balaban J connectivity index is 1.41. The van der Waals surface area contributed by atoms with E-state index in [0.29, 0.717) is 6.04 Å². The molecule has 2 fully saturated rings. The number of ether oxygens (including phenoxy) is 1. The normalized spacial score (nSPS) is 28.7. The molecule has 4 rings (SSSR count). The van der Waals surface area contributed by atoms with Crippen LogP contribution >= 0.6 is 0 Å². The zero-order valence-electron chi connectivity index (χ0n) is 15.6. The molecule has 1 aliphatic heterocycles. The van der Waals surface area contributed by atoms with Crippen molar-refractivity contribution in [2.75, 3.05) is 18.6 Å². The molecule has 1 saturated heterocycles. The van der Waals surface area contributed by atoms with Gasteiger partial charge in [0, 0.05) is 24.3 Å². The molecule has 1 saturated carbocycles. The van der Waals surface area contributed by atoms with Crippen LogP contribution in [-0.4, -0.2) is 19.7 Å². The van der Waals surface area contributed by atoms with Crippen LogP contribution in [0.25, 0.3) is 0 Å². The van der Waals surface area contributed by atoms with Gasteiger partial charge in [-0.1, -0.05) is 36.4 Å². The van der Waals surface area contributed by atoms with Crippen LogP contribution in [-0.2, 0) is 0 Å². The van der Waals surface area contributed by atoms with E-state index in [2.05, 4.69) is 67.3 Å². The summed E-state index contributed by atoms with van der Waals surface area (Å²) in [6, 6.07) is 18.3. The molecule has 0 radical (unpaired) electrons. The van der Waals surface area contributed by atoms with Crippen LogP contribution in [0.5, 0.6) is 5.75 Å². The maximum atomic E-state index is 5.52. The van der Waals surface area contributed by atoms with Gasteiger partial charge in [0.05, 0.1) is 7.11 Å². The summed E-state index contributed by atoms with van der Waals surface area (Å²) in [6.45, 7) is 5.66. The summed E-state index contributed by atoms with van der Waals surface area (Å²) >= 11 is 0. The minimum Gasteiger partial charge on any atom is -0.496 e. The first kappa shape index (κ1) is 16.5. The van der Waals surface area contributed by atoms with Gasteiger partial charge in [-0.2, -0.15) is 0 Å². The van der Waals surface area contributed by atoms with Gasteiger partial charge >= 0.3 is 0 Å². The van der Waals surface area contributed by atoms with Gasteiger partial charge in [-0.15, -0.1) is 0 Å². The number of anilines is 1. The van der Waals surface area contributed by atoms with Crippen LogP contribution in [0.4, 0.5) is 5.69 Å². The van der Waals surface area contributed by atoms with E-state index < -0.39 is 0 Å². The molecular formula is C23H29NO. The quantitative estimate of drug-likeness (QED) is 0.740. The SMILES string of the molecule is COc1cc(N2CCC([C@@H]3C[C@H]3c3ccccc3)CC2C)ccc1C. The lowest BCUT2D eigenvalue weighted by molar-refractivity contribution is 0.314. The molecular weight excluding hydrogens is 306 g/mol. The number of benzene rings is 2. The molecule has 2 aliphatic rings. The molecule has 0 spiro atoms. The molecule has 2 heteroatoms. The van der Waals surface area contributed by atoms with Gasteiger partial charge in [0.1, 0.15) is 5.75 Å². The van der Waals surface area contributed by atoms with Gasteiger partial charge < -0.3 is 9.64 Å². The Bertz CT molecular complexity index is 726. The predicted octanol–water partition coefficient (Wildman–Crippen LogP) is 5.41. The monoisotopic (exact) mass is 335 g/mol. The van der Waals surface area contributed by atoms with Crippen LogP contribution in [0.15, 0.2) is 48.5 Å². The summed E-state index contributed by atoms with van der Waals surface area (Å²) in [7, 11) is 1.76. The van der Waals surface area contributed by atoms with Crippen molar-refractivity contribution in [2.24, 2.45) is 11.8 Å². The highest BCUT2D eigenvalue weighted by Crippen LogP contribution is 2.55. The Morgan fingerprint density at radius 3 is 2.56 bits per heavy atom. The van der Waals surface area contributed by atoms with E-state index in [4.69, 9.17) is 4.74 Å². The molecule has 1 aliphatic carbocycles. The van der Waals surface area contributed by atoms with Crippen molar-refractivity contribution >= 4 is 5.69 Å². The largest absolute Gasteiger partial charge is 0.496 e. The average molecular weight is 335 g/mol. The molecule has 2 aromatic rings. The first-order valence-corrected chi connectivity index (χ1v) is 9.63. The molecule has 2 aromatic carbocycles. The lowest BCUT2D eigenvalue weighted by Gasteiger charge is -2.40. The molecule has 2 unspecified atom stereocenters. The number of methoxy groups -OCH3 is 1. The highest BCUT2D eigenvalue weighted by molar-refractivity contribution is 5.54. The summed E-state index contributed by atoms with van der Waals surface area (Å²) in [5.41, 5.74) is 4.06. The van der Waals surface area contributed by atoms with Gasteiger partial charge in [-0.3, -0.25) is 0 Å². The molecule has 132 valence electrons. The van der Waals surface area contributed by atoms with Crippen molar-refractivity contribution in [3.63, 3.8) is 0 Å². The summed E-state index contributed by atoms with van der Waals surface area (Å²) in [5.74, 6) is 3.59. The average Bonchev–Trinajstić information content (AvgIpc) is 3.44. The van der Waals surface area contributed by atoms with Crippen molar-refractivity contribution in [2.45, 2.75) is 45.1 Å². The second kappa shape index (κ2) is 6.74. The molecule has 25 heavy (non-hydrogen) atoms. The van der Waals surface area contributed by atoms with Gasteiger partial charge in [-0.05, 0) is 68.1 Å². The van der Waals surface area contributed by atoms with Gasteiger partial charge in [0.25, 0.3) is 0 Å². The lowest BCUT2D eigenvalue weighted by Crippen LogP contribution is -2.41. The van der Waals surface area contributed by atoms with E-state index in [9.17, 15) is 0 Å². The number of rotatable bonds is 4. The zero-order chi connectivity index (χ0) is 17.4. The van der Waals surface area contributed by atoms with E-state index in [1.807, 2.05) is 0 Å². The third-order valence-corrected chi connectivity index (χ3v) is 6.31. The number of piperidine rings is 1. The topological polar surface area (TPSA) is 12.5 Å². The van der Waals surface area contributed by atoms with Crippen LogP contribution in [0.1, 0.15) is 43.2 Å². The van der Waals surface area contributed by atoms with E-state index in [1.165, 1.54) is 30.5 Å². The number of nitrogens with zero attached hydrogens (tertiary/aromatic N) is 1. The third-order valence-electron chi connectivity index (χ3n) is 6.31. The summed E-state index contributed by atoms with van der Waals surface area (Å²) in [6.07, 6.45) is 4.01. The molecule has 0 aromatic heterocycles. The number of aryl methyl sites for hydroxylation is 1. The van der Waals surface area contributed by atoms with Crippen molar-refractivity contribution in [1.29, 1.82) is 0 Å². The smallest absolute Gasteiger partial charge is 0.123 e. The van der Waals surface area contributed by atoms with Crippen LogP contribution in [0.3, 0.4) is 0 Å². The van der Waals surface area contributed by atoms with Crippen LogP contribution in [0.2, 0.25) is 0 Å². The Kier molecular flexibility index (Phi) is 4.45. The summed E-state index contributed by atoms with van der Waals surface area (Å²) in [4.78, 5) is 2.57. The van der Waals surface area contributed by atoms with Crippen molar-refractivity contribution in [3.8, 4) is 5.75 Å². The van der Waals surface area contributed by atoms with Crippen molar-refractivity contribution in [3.05, 3.63) is 59.7 Å². The van der Waals surface area contributed by atoms with Crippen LogP contribution < -0.4 is 9.64 Å². The molecule has 1 heterocycles. The van der Waals surface area contributed by atoms with Gasteiger partial charge in [0.15, 0.2) is 0 Å². The summed E-state index contributed by atoms with van der Waals surface area (Å²) in [5, 5.41) is 0. The molecule has 0 N–H and O–H groups in total. The number of hydrogen-bond acceptors (Lipinski definition) is 2. The van der Waals surface area contributed by atoms with E-state index in [0.717, 1.165) is 30.0 Å². The van der Waals surface area contributed by atoms with E-state index >= 15 is 0 Å². The predicted molar refractivity (Wildman–Crippen MR) is 105 cm³/mol. The van der Waals surface area contributed by atoms with E-state index in [-0.39, 0.29) is 0 Å². The van der Waals surface area contributed by atoms with E-state index in [1.54, 1.807) is 12.7 Å². The zero-order valence-corrected chi connectivity index (χ0v) is 15.6. The van der Waals surface area contributed by atoms with Crippen molar-refractivity contribution < 1.29 is 4.74 Å². The second-order valence-corrected chi connectivity index (χ2v) is 7.90. The highest BCUT2D eigenvalue weighted by Gasteiger charge is 2.45. The van der Waals surface area contributed by atoms with Crippen molar-refractivity contribution in [1.82, 2.24) is 0 Å². The highest BCUT2D eigenvalue weighted by atomic mass is 16.5. The molecule has 2 nitrogen and oxygen atoms in total. The van der Waals surface area contributed by atoms with Gasteiger partial charge in [-0.25, -0.2) is 0 Å². The maximum Gasteiger partial charge on any atom is 0.123 e. The minimum atomic E-state index is 0.600. The third kappa shape index (κ3) is 3.27. The first-order valence-electron chi connectivity index (χ1n) is 9.63.